The molecule has 0 amide bonds. The van der Waals surface area contributed by atoms with Gasteiger partial charge in [0.2, 0.25) is 30.0 Å². The molecule has 5 atom stereocenters. The number of aromatic hydroxyl groups is 2. The van der Waals surface area contributed by atoms with Crippen molar-refractivity contribution in [3.05, 3.63) is 40.6 Å². The quantitative estimate of drug-likeness (QED) is 0.282. The molecule has 2 aliphatic rings. The number of fused-ring (bicyclic) bond motifs is 2. The molecule has 5 N–H and O–H groups in total. The Bertz CT molecular complexity index is 1480. The van der Waals surface area contributed by atoms with Crippen molar-refractivity contribution in [1.29, 1.82) is 0 Å². The second kappa shape index (κ2) is 9.41. The number of phenols is 2. The Hall–Kier alpha value is -4.53. The Morgan fingerprint density at radius 1 is 1.05 bits per heavy atom. The van der Waals surface area contributed by atoms with Gasteiger partial charge in [-0.05, 0) is 24.3 Å². The highest BCUT2D eigenvalue weighted by molar-refractivity contribution is 5.91. The molecule has 2 aliphatic heterocycles. The van der Waals surface area contributed by atoms with Gasteiger partial charge in [0.25, 0.3) is 0 Å². The molecule has 2 aromatic carbocycles. The Morgan fingerprint density at radius 2 is 1.76 bits per heavy atom. The molecule has 3 aromatic rings. The van der Waals surface area contributed by atoms with Crippen LogP contribution in [0.1, 0.15) is 6.92 Å². The molecule has 0 spiro atoms. The number of aliphatic carboxylic acids is 1. The maximum absolute atomic E-state index is 13.7. The van der Waals surface area contributed by atoms with Crippen molar-refractivity contribution in [2.24, 2.45) is 0 Å². The fourth-order valence-corrected chi connectivity index (χ4v) is 4.15. The number of carbonyl (C=O) groups is 2. The lowest BCUT2D eigenvalue weighted by atomic mass is 9.98. The molecule has 0 bridgehead atoms. The van der Waals surface area contributed by atoms with Crippen LogP contribution < -0.4 is 19.6 Å². The van der Waals surface area contributed by atoms with Crippen LogP contribution in [0.5, 0.6) is 28.7 Å². The average Bonchev–Trinajstić information content (AvgIpc) is 3.34. The monoisotopic (exact) mass is 532 g/mol. The molecular formula is C24H20O14. The number of aliphatic hydroxyl groups is 2. The summed E-state index contributed by atoms with van der Waals surface area (Å²) < 4.78 is 32.4. The lowest BCUT2D eigenvalue weighted by Crippen LogP contribution is -2.62. The van der Waals surface area contributed by atoms with Crippen molar-refractivity contribution in [3.8, 4) is 40.1 Å². The van der Waals surface area contributed by atoms with E-state index in [2.05, 4.69) is 0 Å². The van der Waals surface area contributed by atoms with E-state index in [4.69, 9.17) is 28.1 Å². The first-order valence-corrected chi connectivity index (χ1v) is 11.1. The van der Waals surface area contributed by atoms with E-state index in [0.717, 1.165) is 6.92 Å². The van der Waals surface area contributed by atoms with Crippen LogP contribution in [0.15, 0.2) is 39.5 Å². The first kappa shape index (κ1) is 25.1. The third kappa shape index (κ3) is 4.19. The molecule has 0 unspecified atom stereocenters. The fraction of sp³-hybridized carbons (Fsp3) is 0.292. The summed E-state index contributed by atoms with van der Waals surface area (Å²) in [7, 11) is 0. The number of ether oxygens (including phenoxy) is 5. The highest BCUT2D eigenvalue weighted by atomic mass is 16.7. The van der Waals surface area contributed by atoms with Crippen molar-refractivity contribution in [3.63, 3.8) is 0 Å². The highest BCUT2D eigenvalue weighted by Gasteiger charge is 2.51. The Kier molecular flexibility index (Phi) is 6.22. The minimum atomic E-state index is -2.02. The first-order valence-electron chi connectivity index (χ1n) is 11.1. The zero-order valence-corrected chi connectivity index (χ0v) is 19.4. The zero-order chi connectivity index (χ0) is 27.3. The van der Waals surface area contributed by atoms with Gasteiger partial charge in [-0.2, -0.15) is 0 Å². The number of rotatable bonds is 5. The number of benzene rings is 2. The maximum atomic E-state index is 13.7. The Morgan fingerprint density at radius 3 is 2.42 bits per heavy atom. The molecule has 14 heteroatoms. The van der Waals surface area contributed by atoms with Crippen molar-refractivity contribution in [2.45, 2.75) is 37.6 Å². The van der Waals surface area contributed by atoms with Gasteiger partial charge in [0, 0.05) is 18.6 Å². The molecule has 5 rings (SSSR count). The van der Waals surface area contributed by atoms with Crippen molar-refractivity contribution in [2.75, 3.05) is 6.79 Å². The number of esters is 1. The van der Waals surface area contributed by atoms with Crippen LogP contribution in [0, 0.1) is 0 Å². The van der Waals surface area contributed by atoms with Crippen molar-refractivity contribution in [1.82, 2.24) is 0 Å². The number of aliphatic hydroxyl groups excluding tert-OH is 2. The van der Waals surface area contributed by atoms with Gasteiger partial charge in [-0.3, -0.25) is 9.59 Å². The molecule has 1 saturated heterocycles. The van der Waals surface area contributed by atoms with E-state index in [-0.39, 0.29) is 46.3 Å². The summed E-state index contributed by atoms with van der Waals surface area (Å²) in [6.45, 7) is 0.769. The summed E-state index contributed by atoms with van der Waals surface area (Å²) in [5.41, 5.74) is -0.904. The minimum absolute atomic E-state index is 0.104. The third-order valence-electron chi connectivity index (χ3n) is 5.91. The van der Waals surface area contributed by atoms with Crippen LogP contribution in [0.4, 0.5) is 0 Å². The summed E-state index contributed by atoms with van der Waals surface area (Å²) in [4.78, 5) is 37.0. The SMILES string of the molecule is CC(=O)O[C@H]1[C@H](Oc2c(-c3ccc(O)cc3)oc3cc4c(c(O)c3c2=O)OCO4)O[C@H](C(=O)O)[C@@H](O)[C@@H]1O. The van der Waals surface area contributed by atoms with Gasteiger partial charge in [-0.25, -0.2) is 4.79 Å². The van der Waals surface area contributed by atoms with Crippen LogP contribution in [-0.4, -0.2) is 75.0 Å². The number of carboxylic acids is 1. The summed E-state index contributed by atoms with van der Waals surface area (Å²) >= 11 is 0. The zero-order valence-electron chi connectivity index (χ0n) is 19.4. The molecule has 0 radical (unpaired) electrons. The van der Waals surface area contributed by atoms with Gasteiger partial charge in [0.1, 0.15) is 28.9 Å². The number of hydrogen-bond acceptors (Lipinski definition) is 13. The van der Waals surface area contributed by atoms with Crippen LogP contribution in [0.2, 0.25) is 0 Å². The lowest BCUT2D eigenvalue weighted by molar-refractivity contribution is -0.275. The average molecular weight is 532 g/mol. The summed E-state index contributed by atoms with van der Waals surface area (Å²) in [5.74, 6) is -4.22. The van der Waals surface area contributed by atoms with Crippen LogP contribution in [0.3, 0.4) is 0 Å². The van der Waals surface area contributed by atoms with Crippen LogP contribution >= 0.6 is 0 Å². The maximum Gasteiger partial charge on any atom is 0.335 e. The largest absolute Gasteiger partial charge is 0.508 e. The number of phenolic OH excluding ortho intramolecular Hbond substituents is 2. The third-order valence-corrected chi connectivity index (χ3v) is 5.91. The Labute approximate surface area is 211 Å². The molecule has 14 nitrogen and oxygen atoms in total. The van der Waals surface area contributed by atoms with E-state index < -0.39 is 59.6 Å². The van der Waals surface area contributed by atoms with Gasteiger partial charge in [-0.1, -0.05) is 0 Å². The molecule has 0 saturated carbocycles. The van der Waals surface area contributed by atoms with Gasteiger partial charge < -0.3 is 53.6 Å². The van der Waals surface area contributed by atoms with Gasteiger partial charge in [-0.15, -0.1) is 0 Å². The Balaban J connectivity index is 1.70. The van der Waals surface area contributed by atoms with Gasteiger partial charge in [0.15, 0.2) is 29.5 Å². The molecule has 1 fully saturated rings. The predicted octanol–water partition coefficient (Wildman–Crippen LogP) is 0.442. The summed E-state index contributed by atoms with van der Waals surface area (Å²) in [6, 6.07) is 6.65. The number of carboxylic acid groups (broad SMARTS) is 1. The predicted molar refractivity (Wildman–Crippen MR) is 122 cm³/mol. The normalized spacial score (nSPS) is 24.2. The molecular weight excluding hydrogens is 512 g/mol. The van der Waals surface area contributed by atoms with E-state index in [9.17, 15) is 39.9 Å². The van der Waals surface area contributed by atoms with E-state index >= 15 is 0 Å². The van der Waals surface area contributed by atoms with E-state index in [1.165, 1.54) is 30.3 Å². The summed E-state index contributed by atoms with van der Waals surface area (Å²) in [6.07, 6.45) is -9.71. The topological polar surface area (TPSA) is 212 Å². The van der Waals surface area contributed by atoms with E-state index in [1.54, 1.807) is 0 Å². The minimum Gasteiger partial charge on any atom is -0.508 e. The second-order valence-electron chi connectivity index (χ2n) is 8.40. The molecule has 38 heavy (non-hydrogen) atoms. The van der Waals surface area contributed by atoms with Gasteiger partial charge >= 0.3 is 11.9 Å². The van der Waals surface area contributed by atoms with E-state index in [0.29, 0.717) is 0 Å². The second-order valence-corrected chi connectivity index (χ2v) is 8.40. The fourth-order valence-electron chi connectivity index (χ4n) is 4.15. The number of hydrogen-bond donors (Lipinski definition) is 5. The van der Waals surface area contributed by atoms with Gasteiger partial charge in [0.05, 0.1) is 0 Å². The first-order chi connectivity index (χ1) is 18.1. The molecule has 200 valence electrons. The molecule has 3 heterocycles. The van der Waals surface area contributed by atoms with Crippen molar-refractivity contribution < 1.29 is 63.2 Å². The standard InChI is InChI=1S/C24H20O14/c1-8(25)35-22-17(30)16(29)21(23(31)32)38-24(22)37-20-15(28)13-11(6-12-19(14(13)27)34-7-33-12)36-18(20)9-2-4-10(26)5-3-9/h2-6,16-17,21-22,24,26-27,29-30H,7H2,1H3,(H,31,32)/t16-,17-,21-,22+,24+/m0/s1. The smallest absolute Gasteiger partial charge is 0.335 e. The van der Waals surface area contributed by atoms with Crippen LogP contribution in [0.25, 0.3) is 22.3 Å². The lowest BCUT2D eigenvalue weighted by Gasteiger charge is -2.40. The molecule has 1 aromatic heterocycles. The highest BCUT2D eigenvalue weighted by Crippen LogP contribution is 2.46. The summed E-state index contributed by atoms with van der Waals surface area (Å²) in [5, 5.41) is 50.2. The number of carbonyl (C=O) groups excluding carboxylic acids is 1. The van der Waals surface area contributed by atoms with Crippen molar-refractivity contribution >= 4 is 22.9 Å². The van der Waals surface area contributed by atoms with Crippen LogP contribution in [-0.2, 0) is 19.1 Å². The molecule has 0 aliphatic carbocycles. The van der Waals surface area contributed by atoms with E-state index in [1.807, 2.05) is 0 Å².